The number of hydrogen-bond acceptors (Lipinski definition) is 0. The molecule has 0 bridgehead atoms. The van der Waals surface area contributed by atoms with Gasteiger partial charge in [-0.15, -0.1) is 6.58 Å². The summed E-state index contributed by atoms with van der Waals surface area (Å²) in [7, 11) is 0. The molecule has 174 valence electrons. The first-order chi connectivity index (χ1) is 14.3. The van der Waals surface area contributed by atoms with Crippen LogP contribution >= 0.6 is 0 Å². The first-order valence-corrected chi connectivity index (χ1v) is 13.9. The van der Waals surface area contributed by atoms with Gasteiger partial charge in [-0.1, -0.05) is 79.2 Å². The lowest BCUT2D eigenvalue weighted by atomic mass is 9.51. The second-order valence-corrected chi connectivity index (χ2v) is 13.2. The van der Waals surface area contributed by atoms with Crippen LogP contribution in [0.5, 0.6) is 0 Å². The maximum atomic E-state index is 3.97. The van der Waals surface area contributed by atoms with Crippen molar-refractivity contribution in [2.45, 2.75) is 131 Å². The zero-order valence-corrected chi connectivity index (χ0v) is 21.4. The zero-order valence-electron chi connectivity index (χ0n) is 21.4. The van der Waals surface area contributed by atoms with E-state index >= 15 is 0 Å². The molecule has 0 heterocycles. The summed E-state index contributed by atoms with van der Waals surface area (Å²) in [6, 6.07) is 0. The summed E-state index contributed by atoms with van der Waals surface area (Å²) >= 11 is 0. The Bertz CT molecular complexity index is 525. The van der Waals surface area contributed by atoms with E-state index in [0.717, 1.165) is 35.5 Å². The molecule has 0 aromatic carbocycles. The van der Waals surface area contributed by atoms with Gasteiger partial charge in [-0.2, -0.15) is 0 Å². The Morgan fingerprint density at radius 2 is 1.67 bits per heavy atom. The Hall–Kier alpha value is -0.260. The third-order valence-electron chi connectivity index (χ3n) is 10.1. The molecule has 0 heteroatoms. The highest BCUT2D eigenvalue weighted by Gasteiger charge is 2.55. The van der Waals surface area contributed by atoms with Crippen LogP contribution in [0, 0.1) is 46.3 Å². The third kappa shape index (κ3) is 5.75. The number of hydrogen-bond donors (Lipinski definition) is 0. The Kier molecular flexibility index (Phi) is 8.59. The van der Waals surface area contributed by atoms with Crippen LogP contribution in [0.1, 0.15) is 131 Å². The molecule has 0 aliphatic heterocycles. The van der Waals surface area contributed by atoms with Gasteiger partial charge in [0.05, 0.1) is 0 Å². The lowest BCUT2D eigenvalue weighted by Gasteiger charge is -2.53. The van der Waals surface area contributed by atoms with Crippen molar-refractivity contribution < 1.29 is 0 Å². The van der Waals surface area contributed by atoms with E-state index in [4.69, 9.17) is 0 Å². The van der Waals surface area contributed by atoms with E-state index in [1.807, 2.05) is 0 Å². The molecule has 30 heavy (non-hydrogen) atoms. The molecule has 0 nitrogen and oxygen atoms in total. The van der Waals surface area contributed by atoms with Crippen molar-refractivity contribution in [3.8, 4) is 0 Å². The first-order valence-electron chi connectivity index (χ1n) is 13.9. The molecule has 3 fully saturated rings. The predicted octanol–water partition coefficient (Wildman–Crippen LogP) is 9.83. The van der Waals surface area contributed by atoms with E-state index < -0.39 is 0 Å². The molecule has 0 radical (unpaired) electrons. The molecule has 0 saturated heterocycles. The fraction of sp³-hybridized carbons (Fsp3) is 0.933. The zero-order chi connectivity index (χ0) is 21.8. The van der Waals surface area contributed by atoms with Crippen LogP contribution in [-0.4, -0.2) is 0 Å². The van der Waals surface area contributed by atoms with Crippen molar-refractivity contribution in [2.24, 2.45) is 46.3 Å². The van der Waals surface area contributed by atoms with Gasteiger partial charge in [0.25, 0.3) is 0 Å². The third-order valence-corrected chi connectivity index (χ3v) is 10.1. The van der Waals surface area contributed by atoms with Gasteiger partial charge in [-0.25, -0.2) is 0 Å². The van der Waals surface area contributed by atoms with Crippen molar-refractivity contribution in [2.75, 3.05) is 0 Å². The molecule has 0 amide bonds. The Balaban J connectivity index is 1.84. The highest BCUT2D eigenvalue weighted by Crippen LogP contribution is 2.63. The average molecular weight is 415 g/mol. The van der Waals surface area contributed by atoms with Crippen molar-refractivity contribution in [3.05, 3.63) is 12.7 Å². The second kappa shape index (κ2) is 10.6. The maximum absolute atomic E-state index is 3.97. The van der Waals surface area contributed by atoms with Crippen molar-refractivity contribution in [1.82, 2.24) is 0 Å². The number of allylic oxidation sites excluding steroid dienone is 1. The highest BCUT2D eigenvalue weighted by molar-refractivity contribution is 5.04. The minimum Gasteiger partial charge on any atom is -0.103 e. The molecule has 3 aliphatic carbocycles. The van der Waals surface area contributed by atoms with E-state index in [2.05, 4.69) is 47.3 Å². The van der Waals surface area contributed by atoms with Gasteiger partial charge in [-0.3, -0.25) is 0 Å². The number of unbranched alkanes of at least 4 members (excludes halogenated alkanes) is 1. The van der Waals surface area contributed by atoms with Gasteiger partial charge in [0.15, 0.2) is 0 Å². The molecule has 0 aromatic heterocycles. The molecule has 0 N–H and O–H groups in total. The average Bonchev–Trinajstić information content (AvgIpc) is 3.02. The number of rotatable bonds is 6. The largest absolute Gasteiger partial charge is 0.103 e. The lowest BCUT2D eigenvalue weighted by Crippen LogP contribution is -2.46. The van der Waals surface area contributed by atoms with Crippen LogP contribution in [-0.2, 0) is 0 Å². The molecule has 3 rings (SSSR count). The summed E-state index contributed by atoms with van der Waals surface area (Å²) in [4.78, 5) is 0. The van der Waals surface area contributed by atoms with Crippen LogP contribution in [0.3, 0.4) is 0 Å². The van der Waals surface area contributed by atoms with Crippen LogP contribution in [0.25, 0.3) is 0 Å². The Morgan fingerprint density at radius 3 is 2.37 bits per heavy atom. The van der Waals surface area contributed by atoms with E-state index in [-0.39, 0.29) is 0 Å². The molecule has 0 aromatic rings. The van der Waals surface area contributed by atoms with Gasteiger partial charge < -0.3 is 0 Å². The van der Waals surface area contributed by atoms with Crippen LogP contribution in [0.15, 0.2) is 12.7 Å². The molecular formula is C30H54. The summed E-state index contributed by atoms with van der Waals surface area (Å²) < 4.78 is 0. The molecule has 7 atom stereocenters. The fourth-order valence-electron chi connectivity index (χ4n) is 8.25. The van der Waals surface area contributed by atoms with E-state index in [0.29, 0.717) is 10.8 Å². The molecule has 3 saturated carbocycles. The van der Waals surface area contributed by atoms with E-state index in [1.54, 1.807) is 0 Å². The summed E-state index contributed by atoms with van der Waals surface area (Å²) in [5.74, 6) is 5.97. The SMILES string of the molecule is C=CCCCC1CCC2C3C(CCC(C)(C)C)CCCCCCC(C)C3CCC12C. The monoisotopic (exact) mass is 414 g/mol. The smallest absolute Gasteiger partial charge is 0.0266 e. The fourth-order valence-corrected chi connectivity index (χ4v) is 8.25. The molecule has 7 unspecified atom stereocenters. The van der Waals surface area contributed by atoms with Crippen molar-refractivity contribution >= 4 is 0 Å². The summed E-state index contributed by atoms with van der Waals surface area (Å²) in [5.41, 5.74) is 1.11. The van der Waals surface area contributed by atoms with Gasteiger partial charge in [0.2, 0.25) is 0 Å². The molecule has 3 aliphatic rings. The van der Waals surface area contributed by atoms with E-state index in [1.165, 1.54) is 96.3 Å². The van der Waals surface area contributed by atoms with Gasteiger partial charge in [-0.05, 0) is 104 Å². The van der Waals surface area contributed by atoms with Crippen molar-refractivity contribution in [1.29, 1.82) is 0 Å². The van der Waals surface area contributed by atoms with Gasteiger partial charge in [0, 0.05) is 0 Å². The van der Waals surface area contributed by atoms with Crippen molar-refractivity contribution in [3.63, 3.8) is 0 Å². The topological polar surface area (TPSA) is 0 Å². The maximum Gasteiger partial charge on any atom is -0.0266 e. The van der Waals surface area contributed by atoms with E-state index in [9.17, 15) is 0 Å². The highest BCUT2D eigenvalue weighted by atomic mass is 14.6. The standard InChI is InChI=1S/C30H54/c1-7-8-11-16-25-17-18-27-28-24(19-21-29(3,4)5)15-13-10-9-12-14-23(2)26(28)20-22-30(25,27)6/h7,23-28H,1,8-22H2,2-6H3. The number of fused-ring (bicyclic) bond motifs is 3. The quantitative estimate of drug-likeness (QED) is 0.299. The summed E-state index contributed by atoms with van der Waals surface area (Å²) in [5, 5.41) is 0. The van der Waals surface area contributed by atoms with Gasteiger partial charge in [0.1, 0.15) is 0 Å². The minimum atomic E-state index is 0.483. The second-order valence-electron chi connectivity index (χ2n) is 13.2. The lowest BCUT2D eigenvalue weighted by molar-refractivity contribution is -0.0457. The minimum absolute atomic E-state index is 0.483. The van der Waals surface area contributed by atoms with Crippen LogP contribution in [0.4, 0.5) is 0 Å². The first kappa shape index (κ1) is 24.4. The predicted molar refractivity (Wildman–Crippen MR) is 134 cm³/mol. The Labute approximate surface area is 190 Å². The summed E-state index contributed by atoms with van der Waals surface area (Å²) in [6.07, 6.45) is 24.2. The normalized spacial score (nSPS) is 40.4. The molecule has 0 spiro atoms. The Morgan fingerprint density at radius 1 is 0.933 bits per heavy atom. The summed E-state index contributed by atoms with van der Waals surface area (Å²) in [6.45, 7) is 16.7. The van der Waals surface area contributed by atoms with Gasteiger partial charge >= 0.3 is 0 Å². The van der Waals surface area contributed by atoms with Crippen LogP contribution < -0.4 is 0 Å². The van der Waals surface area contributed by atoms with Crippen LogP contribution in [0.2, 0.25) is 0 Å². The molecular weight excluding hydrogens is 360 g/mol.